The van der Waals surface area contributed by atoms with E-state index in [9.17, 15) is 0 Å². The van der Waals surface area contributed by atoms with E-state index in [-0.39, 0.29) is 6.61 Å². The highest BCUT2D eigenvalue weighted by Crippen LogP contribution is 2.19. The Morgan fingerprint density at radius 3 is 3.21 bits per heavy atom. The maximum absolute atomic E-state index is 5.30. The zero-order valence-electron chi connectivity index (χ0n) is 7.27. The lowest BCUT2D eigenvalue weighted by Gasteiger charge is -2.03. The van der Waals surface area contributed by atoms with Crippen LogP contribution in [0, 0.1) is 0 Å². The van der Waals surface area contributed by atoms with Crippen molar-refractivity contribution in [3.63, 3.8) is 0 Å². The molecule has 2 aromatic rings. The van der Waals surface area contributed by atoms with E-state index in [1.165, 1.54) is 6.39 Å². The summed E-state index contributed by atoms with van der Waals surface area (Å²) < 4.78 is 10.4. The van der Waals surface area contributed by atoms with Gasteiger partial charge in [0.05, 0.1) is 0 Å². The number of nitrogens with two attached hydrogens (primary N) is 1. The number of hydrogen-bond donors (Lipinski definition) is 1. The van der Waals surface area contributed by atoms with Crippen molar-refractivity contribution in [2.75, 3.05) is 6.61 Å². The van der Waals surface area contributed by atoms with Gasteiger partial charge in [0, 0.05) is 6.07 Å². The molecule has 1 heterocycles. The lowest BCUT2D eigenvalue weighted by atomic mass is 10.3. The van der Waals surface area contributed by atoms with Crippen LogP contribution in [0.1, 0.15) is 0 Å². The second-order valence-corrected chi connectivity index (χ2v) is 3.26. The second kappa shape index (κ2) is 3.63. The number of fused-ring (bicyclic) bond motifs is 1. The van der Waals surface area contributed by atoms with Gasteiger partial charge in [-0.05, 0) is 12.1 Å². The van der Waals surface area contributed by atoms with E-state index in [0.29, 0.717) is 16.3 Å². The smallest absolute Gasteiger partial charge is 0.181 e. The number of hydrogen-bond acceptors (Lipinski definition) is 4. The van der Waals surface area contributed by atoms with Crippen LogP contribution in [0.25, 0.3) is 11.1 Å². The Morgan fingerprint density at radius 1 is 1.57 bits per heavy atom. The maximum Gasteiger partial charge on any atom is 0.181 e. The van der Waals surface area contributed by atoms with Crippen LogP contribution in [0.15, 0.2) is 29.0 Å². The van der Waals surface area contributed by atoms with Crippen LogP contribution in [0.3, 0.4) is 0 Å². The molecule has 0 aliphatic heterocycles. The molecule has 0 amide bonds. The fraction of sp³-hybridized carbons (Fsp3) is 0.111. The molecule has 0 bridgehead atoms. The fourth-order valence-corrected chi connectivity index (χ4v) is 1.14. The molecular weight excluding hydrogens is 200 g/mol. The van der Waals surface area contributed by atoms with E-state index in [4.69, 9.17) is 27.1 Å². The first-order chi connectivity index (χ1) is 6.75. The summed E-state index contributed by atoms with van der Waals surface area (Å²) in [5.74, 6) is 0.669. The van der Waals surface area contributed by atoms with Crippen LogP contribution in [-0.2, 0) is 0 Å². The van der Waals surface area contributed by atoms with Gasteiger partial charge in [-0.25, -0.2) is 4.98 Å². The third-order valence-corrected chi connectivity index (χ3v) is 1.80. The Kier molecular flexibility index (Phi) is 2.32. The van der Waals surface area contributed by atoms with Gasteiger partial charge in [-0.3, -0.25) is 0 Å². The van der Waals surface area contributed by atoms with Gasteiger partial charge in [0.2, 0.25) is 0 Å². The molecule has 1 aromatic heterocycles. The van der Waals surface area contributed by atoms with E-state index >= 15 is 0 Å². The number of rotatable bonds is 3. The molecule has 72 valence electrons. The van der Waals surface area contributed by atoms with E-state index in [1.807, 2.05) is 6.07 Å². The number of aromatic nitrogens is 1. The molecule has 14 heavy (non-hydrogen) atoms. The van der Waals surface area contributed by atoms with Crippen molar-refractivity contribution in [3.05, 3.63) is 24.6 Å². The summed E-state index contributed by atoms with van der Waals surface area (Å²) in [6.45, 7) is 0.231. The Bertz CT molecular complexity index is 467. The molecule has 0 unspecified atom stereocenters. The van der Waals surface area contributed by atoms with Crippen LogP contribution >= 0.6 is 12.2 Å². The quantitative estimate of drug-likeness (QED) is 0.774. The molecule has 0 saturated carbocycles. The van der Waals surface area contributed by atoms with Crippen LogP contribution in [0.2, 0.25) is 0 Å². The number of oxazole rings is 1. The van der Waals surface area contributed by atoms with E-state index in [2.05, 4.69) is 4.98 Å². The van der Waals surface area contributed by atoms with E-state index in [0.717, 1.165) is 5.52 Å². The molecule has 0 radical (unpaired) electrons. The van der Waals surface area contributed by atoms with Crippen molar-refractivity contribution >= 4 is 28.3 Å². The summed E-state index contributed by atoms with van der Waals surface area (Å²) in [5.41, 5.74) is 6.79. The minimum atomic E-state index is 0.231. The number of ether oxygens (including phenoxy) is 1. The summed E-state index contributed by atoms with van der Waals surface area (Å²) in [6, 6.07) is 5.36. The highest BCUT2D eigenvalue weighted by Gasteiger charge is 2.00. The number of thiocarbonyl (C=S) groups is 1. The van der Waals surface area contributed by atoms with Crippen molar-refractivity contribution in [2.24, 2.45) is 5.73 Å². The van der Waals surface area contributed by atoms with Gasteiger partial charge in [0.25, 0.3) is 0 Å². The second-order valence-electron chi connectivity index (χ2n) is 2.74. The van der Waals surface area contributed by atoms with Crippen molar-refractivity contribution in [1.82, 2.24) is 4.98 Å². The largest absolute Gasteiger partial charge is 0.486 e. The van der Waals surface area contributed by atoms with Crippen LogP contribution < -0.4 is 10.5 Å². The van der Waals surface area contributed by atoms with Crippen molar-refractivity contribution in [1.29, 1.82) is 0 Å². The molecule has 2 N–H and O–H groups in total. The van der Waals surface area contributed by atoms with Gasteiger partial charge in [0.15, 0.2) is 12.0 Å². The van der Waals surface area contributed by atoms with Gasteiger partial charge in [0.1, 0.15) is 22.9 Å². The molecule has 0 aliphatic carbocycles. The first-order valence-electron chi connectivity index (χ1n) is 4.00. The molecular formula is C9H8N2O2S. The predicted octanol–water partition coefficient (Wildman–Crippen LogP) is 1.49. The van der Waals surface area contributed by atoms with Crippen LogP contribution in [0.4, 0.5) is 0 Å². The van der Waals surface area contributed by atoms with Crippen molar-refractivity contribution < 1.29 is 9.15 Å². The first-order valence-corrected chi connectivity index (χ1v) is 4.41. The fourth-order valence-electron chi connectivity index (χ4n) is 1.08. The average molecular weight is 208 g/mol. The molecule has 4 nitrogen and oxygen atoms in total. The zero-order chi connectivity index (χ0) is 9.97. The average Bonchev–Trinajstić information content (AvgIpc) is 2.61. The molecule has 2 rings (SSSR count). The molecule has 0 fully saturated rings. The molecule has 0 aliphatic rings. The summed E-state index contributed by atoms with van der Waals surface area (Å²) in [5, 5.41) is 0. The summed E-state index contributed by atoms with van der Waals surface area (Å²) in [6.07, 6.45) is 1.39. The normalized spacial score (nSPS) is 10.3. The van der Waals surface area contributed by atoms with Gasteiger partial charge < -0.3 is 14.9 Å². The Morgan fingerprint density at radius 2 is 2.43 bits per heavy atom. The maximum atomic E-state index is 5.30. The summed E-state index contributed by atoms with van der Waals surface area (Å²) in [7, 11) is 0. The minimum absolute atomic E-state index is 0.231. The number of nitrogens with zero attached hydrogens (tertiary/aromatic N) is 1. The highest BCUT2D eigenvalue weighted by atomic mass is 32.1. The van der Waals surface area contributed by atoms with E-state index in [1.54, 1.807) is 12.1 Å². The van der Waals surface area contributed by atoms with Crippen molar-refractivity contribution in [3.8, 4) is 5.75 Å². The summed E-state index contributed by atoms with van der Waals surface area (Å²) in [4.78, 5) is 4.30. The van der Waals surface area contributed by atoms with Crippen LogP contribution in [0.5, 0.6) is 5.75 Å². The third kappa shape index (κ3) is 1.82. The van der Waals surface area contributed by atoms with E-state index < -0.39 is 0 Å². The lowest BCUT2D eigenvalue weighted by molar-refractivity contribution is 0.377. The Hall–Kier alpha value is -1.62. The lowest BCUT2D eigenvalue weighted by Crippen LogP contribution is -2.17. The van der Waals surface area contributed by atoms with Crippen LogP contribution in [-0.4, -0.2) is 16.6 Å². The van der Waals surface area contributed by atoms with Gasteiger partial charge in [-0.1, -0.05) is 12.2 Å². The first kappa shape index (κ1) is 8.96. The number of benzene rings is 1. The molecule has 0 saturated heterocycles. The van der Waals surface area contributed by atoms with Crippen molar-refractivity contribution in [2.45, 2.75) is 0 Å². The van der Waals surface area contributed by atoms with Gasteiger partial charge in [-0.2, -0.15) is 0 Å². The third-order valence-electron chi connectivity index (χ3n) is 1.68. The zero-order valence-corrected chi connectivity index (χ0v) is 8.08. The minimum Gasteiger partial charge on any atom is -0.486 e. The topological polar surface area (TPSA) is 61.3 Å². The molecule has 5 heteroatoms. The Labute approximate surface area is 85.7 Å². The molecule has 1 aromatic carbocycles. The molecule has 0 spiro atoms. The SMILES string of the molecule is NC(=S)COc1ccc2ncoc2c1. The monoisotopic (exact) mass is 208 g/mol. The van der Waals surface area contributed by atoms with Gasteiger partial charge in [-0.15, -0.1) is 0 Å². The Balaban J connectivity index is 2.21. The standard InChI is InChI=1S/C9H8N2O2S/c10-9(14)4-12-6-1-2-7-8(3-6)13-5-11-7/h1-3,5H,4H2,(H2,10,14). The highest BCUT2D eigenvalue weighted by molar-refractivity contribution is 7.80. The summed E-state index contributed by atoms with van der Waals surface area (Å²) >= 11 is 4.69. The predicted molar refractivity (Wildman–Crippen MR) is 56.3 cm³/mol. The van der Waals surface area contributed by atoms with Gasteiger partial charge >= 0.3 is 0 Å². The molecule has 0 atom stereocenters.